The first-order valence-corrected chi connectivity index (χ1v) is 9.21. The highest BCUT2D eigenvalue weighted by Crippen LogP contribution is 2.28. The maximum Gasteiger partial charge on any atom is 0.194 e. The van der Waals surface area contributed by atoms with Crippen molar-refractivity contribution in [3.8, 4) is 0 Å². The van der Waals surface area contributed by atoms with Gasteiger partial charge in [0.2, 0.25) is 0 Å². The van der Waals surface area contributed by atoms with Gasteiger partial charge >= 0.3 is 0 Å². The summed E-state index contributed by atoms with van der Waals surface area (Å²) in [7, 11) is 1.83. The molecule has 1 aliphatic rings. The van der Waals surface area contributed by atoms with Crippen LogP contribution in [0, 0.1) is 5.82 Å². The van der Waals surface area contributed by atoms with Gasteiger partial charge in [0.15, 0.2) is 5.96 Å². The minimum absolute atomic E-state index is 0.310. The molecule has 0 spiro atoms. The summed E-state index contributed by atoms with van der Waals surface area (Å²) in [4.78, 5) is 6.34. The Hall–Kier alpha value is -0.980. The number of aliphatic hydroxyl groups is 1. The van der Waals surface area contributed by atoms with Crippen molar-refractivity contribution in [3.05, 3.63) is 34.6 Å². The van der Waals surface area contributed by atoms with Crippen LogP contribution in [-0.2, 0) is 6.54 Å². The molecule has 0 bridgehead atoms. The molecular weight excluding hydrogens is 337 g/mol. The van der Waals surface area contributed by atoms with Gasteiger partial charge in [-0.1, -0.05) is 17.7 Å². The van der Waals surface area contributed by atoms with Gasteiger partial charge in [-0.3, -0.25) is 4.99 Å². The van der Waals surface area contributed by atoms with E-state index in [1.807, 2.05) is 18.9 Å². The largest absolute Gasteiger partial charge is 0.387 e. The number of halogens is 2. The van der Waals surface area contributed by atoms with E-state index in [4.69, 9.17) is 11.6 Å². The van der Waals surface area contributed by atoms with E-state index in [1.54, 1.807) is 23.9 Å². The van der Waals surface area contributed by atoms with E-state index in [0.717, 1.165) is 12.2 Å². The van der Waals surface area contributed by atoms with Gasteiger partial charge in [0.05, 0.1) is 12.1 Å². The number of guanidine groups is 1. The fourth-order valence-corrected chi connectivity index (χ4v) is 3.92. The van der Waals surface area contributed by atoms with E-state index in [1.165, 1.54) is 6.07 Å². The number of aliphatic imine (C=N–C) groups is 1. The third-order valence-electron chi connectivity index (χ3n) is 3.76. The third-order valence-corrected chi connectivity index (χ3v) is 5.35. The number of nitrogens with one attached hydrogen (secondary N) is 1. The molecule has 1 aliphatic heterocycles. The van der Waals surface area contributed by atoms with Crippen LogP contribution in [0.3, 0.4) is 0 Å². The maximum atomic E-state index is 13.9. The number of benzene rings is 1. The number of rotatable bonds is 5. The molecule has 0 aliphatic carbocycles. The predicted octanol–water partition coefficient (Wildman–Crippen LogP) is 2.74. The summed E-state index contributed by atoms with van der Waals surface area (Å²) >= 11 is 7.83. The minimum atomic E-state index is -0.734. The molecule has 2 rings (SSSR count). The molecule has 0 saturated carbocycles. The van der Waals surface area contributed by atoms with E-state index in [2.05, 4.69) is 10.3 Å². The number of nitrogens with zero attached hydrogens (tertiary/aromatic N) is 2. The first kappa shape index (κ1) is 18.4. The van der Waals surface area contributed by atoms with Gasteiger partial charge < -0.3 is 15.3 Å². The van der Waals surface area contributed by atoms with Crippen LogP contribution in [0.4, 0.5) is 4.39 Å². The van der Waals surface area contributed by atoms with Crippen LogP contribution < -0.4 is 5.32 Å². The minimum Gasteiger partial charge on any atom is -0.387 e. The van der Waals surface area contributed by atoms with Crippen LogP contribution in [0.25, 0.3) is 0 Å². The van der Waals surface area contributed by atoms with Gasteiger partial charge in [0.25, 0.3) is 0 Å². The van der Waals surface area contributed by atoms with Crippen molar-refractivity contribution in [2.24, 2.45) is 4.99 Å². The summed E-state index contributed by atoms with van der Waals surface area (Å²) in [6.07, 6.45) is 0.753. The fraction of sp³-hybridized carbons (Fsp3) is 0.562. The van der Waals surface area contributed by atoms with Crippen LogP contribution in [0.1, 0.15) is 18.9 Å². The SMILES string of the molecule is CCNC(=NCC1(O)CCSC1)N(C)Cc1c(F)cccc1Cl. The summed E-state index contributed by atoms with van der Waals surface area (Å²) < 4.78 is 13.9. The average molecular weight is 360 g/mol. The third kappa shape index (κ3) is 4.99. The van der Waals surface area contributed by atoms with Crippen LogP contribution in [-0.4, -0.2) is 53.2 Å². The highest BCUT2D eigenvalue weighted by molar-refractivity contribution is 7.99. The normalized spacial score (nSPS) is 21.5. The molecule has 1 saturated heterocycles. The molecule has 1 unspecified atom stereocenters. The molecule has 7 heteroatoms. The highest BCUT2D eigenvalue weighted by atomic mass is 35.5. The lowest BCUT2D eigenvalue weighted by Crippen LogP contribution is -2.41. The van der Waals surface area contributed by atoms with Crippen LogP contribution >= 0.6 is 23.4 Å². The molecule has 23 heavy (non-hydrogen) atoms. The molecule has 1 aromatic carbocycles. The molecule has 128 valence electrons. The molecule has 1 heterocycles. The molecule has 2 N–H and O–H groups in total. The fourth-order valence-electron chi connectivity index (χ4n) is 2.41. The van der Waals surface area contributed by atoms with Gasteiger partial charge in [0, 0.05) is 36.5 Å². The summed E-state index contributed by atoms with van der Waals surface area (Å²) in [6.45, 7) is 3.32. The van der Waals surface area contributed by atoms with Gasteiger partial charge in [-0.15, -0.1) is 0 Å². The standard InChI is InChI=1S/C16H23ClFN3OS/c1-3-19-15(20-10-16(22)7-8-23-11-16)21(2)9-12-13(17)5-4-6-14(12)18/h4-6,22H,3,7-11H2,1-2H3,(H,19,20). The van der Waals surface area contributed by atoms with Crippen molar-refractivity contribution < 1.29 is 9.50 Å². The number of thioether (sulfide) groups is 1. The van der Waals surface area contributed by atoms with E-state index in [9.17, 15) is 9.50 Å². The van der Waals surface area contributed by atoms with E-state index < -0.39 is 5.60 Å². The molecule has 0 amide bonds. The monoisotopic (exact) mass is 359 g/mol. The lowest BCUT2D eigenvalue weighted by atomic mass is 10.0. The summed E-state index contributed by atoms with van der Waals surface area (Å²) in [5.74, 6) is 1.98. The second-order valence-corrected chi connectivity index (χ2v) is 7.27. The van der Waals surface area contributed by atoms with E-state index in [-0.39, 0.29) is 5.82 Å². The lowest BCUT2D eigenvalue weighted by Gasteiger charge is -2.25. The average Bonchev–Trinajstić information content (AvgIpc) is 2.94. The molecule has 4 nitrogen and oxygen atoms in total. The Morgan fingerprint density at radius 1 is 1.57 bits per heavy atom. The maximum absolute atomic E-state index is 13.9. The number of hydrogen-bond acceptors (Lipinski definition) is 3. The van der Waals surface area contributed by atoms with Gasteiger partial charge in [-0.2, -0.15) is 11.8 Å². The van der Waals surface area contributed by atoms with E-state index in [0.29, 0.717) is 41.9 Å². The molecular formula is C16H23ClFN3OS. The predicted molar refractivity (Wildman–Crippen MR) is 95.7 cm³/mol. The second-order valence-electron chi connectivity index (χ2n) is 5.75. The zero-order valence-electron chi connectivity index (χ0n) is 13.5. The van der Waals surface area contributed by atoms with Crippen molar-refractivity contribution in [2.45, 2.75) is 25.5 Å². The van der Waals surface area contributed by atoms with Crippen molar-refractivity contribution in [1.82, 2.24) is 10.2 Å². The van der Waals surface area contributed by atoms with Crippen LogP contribution in [0.5, 0.6) is 0 Å². The van der Waals surface area contributed by atoms with Crippen LogP contribution in [0.15, 0.2) is 23.2 Å². The summed E-state index contributed by atoms with van der Waals surface area (Å²) in [5.41, 5.74) is -0.292. The van der Waals surface area contributed by atoms with Gasteiger partial charge in [-0.25, -0.2) is 4.39 Å². The van der Waals surface area contributed by atoms with Gasteiger partial charge in [0.1, 0.15) is 5.82 Å². The summed E-state index contributed by atoms with van der Waals surface area (Å²) in [6, 6.07) is 4.67. The zero-order valence-corrected chi connectivity index (χ0v) is 15.1. The molecule has 1 aromatic rings. The highest BCUT2D eigenvalue weighted by Gasteiger charge is 2.31. The van der Waals surface area contributed by atoms with Crippen molar-refractivity contribution in [2.75, 3.05) is 31.6 Å². The van der Waals surface area contributed by atoms with Crippen molar-refractivity contribution in [1.29, 1.82) is 0 Å². The quantitative estimate of drug-likeness (QED) is 0.627. The Morgan fingerprint density at radius 3 is 2.96 bits per heavy atom. The van der Waals surface area contributed by atoms with Crippen molar-refractivity contribution >= 4 is 29.3 Å². The lowest BCUT2D eigenvalue weighted by molar-refractivity contribution is 0.0776. The second kappa shape index (κ2) is 8.22. The Kier molecular flexibility index (Phi) is 6.56. The Labute approximate surface area is 146 Å². The molecule has 0 radical (unpaired) electrons. The zero-order chi connectivity index (χ0) is 16.9. The first-order chi connectivity index (χ1) is 10.9. The molecule has 1 fully saturated rings. The first-order valence-electron chi connectivity index (χ1n) is 7.67. The van der Waals surface area contributed by atoms with E-state index >= 15 is 0 Å². The molecule has 1 atom stereocenters. The van der Waals surface area contributed by atoms with Gasteiger partial charge in [-0.05, 0) is 31.2 Å². The van der Waals surface area contributed by atoms with Crippen LogP contribution in [0.2, 0.25) is 5.02 Å². The smallest absolute Gasteiger partial charge is 0.194 e. The topological polar surface area (TPSA) is 47.9 Å². The Morgan fingerprint density at radius 2 is 2.35 bits per heavy atom. The molecule has 0 aromatic heterocycles. The van der Waals surface area contributed by atoms with Crippen molar-refractivity contribution in [3.63, 3.8) is 0 Å². The Bertz CT molecular complexity index is 544. The summed E-state index contributed by atoms with van der Waals surface area (Å²) in [5, 5.41) is 14.0. The Balaban J connectivity index is 2.10. The number of hydrogen-bond donors (Lipinski definition) is 2.